The average molecular weight is 731 g/mol. The molecule has 0 amide bonds. The highest BCUT2D eigenvalue weighted by molar-refractivity contribution is 6.40. The molecule has 0 bridgehead atoms. The van der Waals surface area contributed by atoms with Crippen LogP contribution >= 0.6 is 0 Å². The third kappa shape index (κ3) is 31.9. The monoisotopic (exact) mass is 730 g/mol. The molecule has 1 aromatic rings. The summed E-state index contributed by atoms with van der Waals surface area (Å²) in [5.74, 6) is -1.73. The summed E-state index contributed by atoms with van der Waals surface area (Å²) >= 11 is 0. The van der Waals surface area contributed by atoms with Crippen molar-refractivity contribution >= 4 is 17.7 Å². The first-order valence-electron chi connectivity index (χ1n) is 18.3. The van der Waals surface area contributed by atoms with E-state index in [9.17, 15) is 14.4 Å². The molecule has 0 aliphatic rings. The molecule has 1 rings (SSSR count). The molecule has 0 aliphatic heterocycles. The second-order valence-corrected chi connectivity index (χ2v) is 11.1. The van der Waals surface area contributed by atoms with Crippen LogP contribution in [0.5, 0.6) is 0 Å². The SMILES string of the molecule is CCCCCCCCC(=O)OCCOCCOCCOCCOCCOCCOCCOCCOCCOCCOC(=O)C(=O)c1ccccc1. The van der Waals surface area contributed by atoms with Crippen LogP contribution in [-0.4, -0.2) is 150 Å². The molecule has 0 unspecified atom stereocenters. The number of hydrogen-bond acceptors (Lipinski definition) is 14. The Bertz CT molecular complexity index is 933. The molecule has 14 heteroatoms. The molecule has 0 heterocycles. The van der Waals surface area contributed by atoms with Crippen LogP contribution in [0.4, 0.5) is 0 Å². The molecule has 0 aromatic heterocycles. The van der Waals surface area contributed by atoms with Crippen molar-refractivity contribution < 1.29 is 66.5 Å². The Balaban J connectivity index is 1.67. The van der Waals surface area contributed by atoms with Gasteiger partial charge in [0.2, 0.25) is 0 Å². The first-order valence-corrected chi connectivity index (χ1v) is 18.3. The predicted molar refractivity (Wildman–Crippen MR) is 188 cm³/mol. The lowest BCUT2D eigenvalue weighted by Gasteiger charge is -2.09. The summed E-state index contributed by atoms with van der Waals surface area (Å²) in [6, 6.07) is 8.25. The Kier molecular flexibility index (Phi) is 33.9. The average Bonchev–Trinajstić information content (AvgIpc) is 3.15. The Morgan fingerprint density at radius 1 is 0.412 bits per heavy atom. The summed E-state index contributed by atoms with van der Waals surface area (Å²) in [5, 5.41) is 0. The van der Waals surface area contributed by atoms with Gasteiger partial charge in [-0.15, -0.1) is 0 Å². The third-order valence-electron chi connectivity index (χ3n) is 6.88. The Labute approximate surface area is 303 Å². The van der Waals surface area contributed by atoms with Gasteiger partial charge in [0.15, 0.2) is 0 Å². The minimum atomic E-state index is -0.899. The van der Waals surface area contributed by atoms with Crippen LogP contribution in [0.2, 0.25) is 0 Å². The van der Waals surface area contributed by atoms with E-state index in [4.69, 9.17) is 52.1 Å². The van der Waals surface area contributed by atoms with Gasteiger partial charge in [0, 0.05) is 12.0 Å². The maximum atomic E-state index is 11.9. The molecule has 0 spiro atoms. The fourth-order valence-corrected chi connectivity index (χ4v) is 4.16. The normalized spacial score (nSPS) is 11.2. The predicted octanol–water partition coefficient (Wildman–Crippen LogP) is 3.86. The van der Waals surface area contributed by atoms with Crippen molar-refractivity contribution in [3.05, 3.63) is 35.9 Å². The summed E-state index contributed by atoms with van der Waals surface area (Å²) in [6.45, 7) is 10.2. The fourth-order valence-electron chi connectivity index (χ4n) is 4.16. The number of Topliss-reactive ketones (excluding diaryl/α,β-unsaturated/α-hetero) is 1. The van der Waals surface area contributed by atoms with Gasteiger partial charge in [-0.2, -0.15) is 0 Å². The summed E-state index contributed by atoms with van der Waals surface area (Å²) in [4.78, 5) is 35.3. The molecule has 0 radical (unpaired) electrons. The number of ether oxygens (including phenoxy) is 11. The van der Waals surface area contributed by atoms with Gasteiger partial charge < -0.3 is 52.1 Å². The Morgan fingerprint density at radius 2 is 0.745 bits per heavy atom. The van der Waals surface area contributed by atoms with E-state index in [0.29, 0.717) is 124 Å². The zero-order valence-electron chi connectivity index (χ0n) is 30.7. The van der Waals surface area contributed by atoms with Crippen LogP contribution in [0.1, 0.15) is 62.2 Å². The standard InChI is InChI=1S/C37H62O14/c1-2-3-4-5-6-10-13-35(38)50-32-30-48-28-26-46-24-22-44-20-18-42-16-14-41-15-17-43-19-21-45-23-25-47-27-29-49-31-33-51-37(40)36(39)34-11-8-7-9-12-34/h7-9,11-12H,2-6,10,13-33H2,1H3. The van der Waals surface area contributed by atoms with Crippen molar-refractivity contribution in [3.8, 4) is 0 Å². The van der Waals surface area contributed by atoms with Gasteiger partial charge in [-0.3, -0.25) is 9.59 Å². The van der Waals surface area contributed by atoms with E-state index >= 15 is 0 Å². The minimum absolute atomic E-state index is 0.00562. The second kappa shape index (κ2) is 37.2. The molecule has 0 fully saturated rings. The van der Waals surface area contributed by atoms with Crippen molar-refractivity contribution in [2.45, 2.75) is 51.9 Å². The highest BCUT2D eigenvalue weighted by atomic mass is 16.6. The minimum Gasteiger partial charge on any atom is -0.463 e. The molecule has 1 aromatic carbocycles. The van der Waals surface area contributed by atoms with Gasteiger partial charge in [-0.1, -0.05) is 69.4 Å². The van der Waals surface area contributed by atoms with Gasteiger partial charge in [0.1, 0.15) is 13.2 Å². The van der Waals surface area contributed by atoms with Gasteiger partial charge in [-0.05, 0) is 6.42 Å². The summed E-state index contributed by atoms with van der Waals surface area (Å²) in [5.41, 5.74) is 0.293. The topological polar surface area (TPSA) is 153 Å². The van der Waals surface area contributed by atoms with E-state index < -0.39 is 11.8 Å². The highest BCUT2D eigenvalue weighted by Gasteiger charge is 2.17. The van der Waals surface area contributed by atoms with Gasteiger partial charge in [0.05, 0.1) is 119 Å². The molecule has 0 saturated heterocycles. The van der Waals surface area contributed by atoms with E-state index in [2.05, 4.69) is 6.92 Å². The maximum absolute atomic E-state index is 11.9. The van der Waals surface area contributed by atoms with Crippen molar-refractivity contribution in [2.24, 2.45) is 0 Å². The lowest BCUT2D eigenvalue weighted by atomic mass is 10.1. The van der Waals surface area contributed by atoms with Crippen LogP contribution in [0.3, 0.4) is 0 Å². The van der Waals surface area contributed by atoms with E-state index in [1.54, 1.807) is 30.3 Å². The maximum Gasteiger partial charge on any atom is 0.379 e. The van der Waals surface area contributed by atoms with Crippen LogP contribution in [0.15, 0.2) is 30.3 Å². The quantitative estimate of drug-likeness (QED) is 0.0417. The molecule has 14 nitrogen and oxygen atoms in total. The number of unbranched alkanes of at least 4 members (excludes halogenated alkanes) is 5. The van der Waals surface area contributed by atoms with Gasteiger partial charge >= 0.3 is 11.9 Å². The molecule has 0 saturated carbocycles. The third-order valence-corrected chi connectivity index (χ3v) is 6.88. The van der Waals surface area contributed by atoms with E-state index in [1.807, 2.05) is 0 Å². The number of esters is 2. The van der Waals surface area contributed by atoms with Crippen molar-refractivity contribution in [2.75, 3.05) is 132 Å². The van der Waals surface area contributed by atoms with E-state index in [-0.39, 0.29) is 25.8 Å². The zero-order valence-corrected chi connectivity index (χ0v) is 30.7. The zero-order chi connectivity index (χ0) is 36.7. The summed E-state index contributed by atoms with van der Waals surface area (Å²) < 4.78 is 59.0. The van der Waals surface area contributed by atoms with Crippen molar-refractivity contribution in [3.63, 3.8) is 0 Å². The molecule has 51 heavy (non-hydrogen) atoms. The molecule has 0 N–H and O–H groups in total. The van der Waals surface area contributed by atoms with Crippen LogP contribution in [0.25, 0.3) is 0 Å². The molecule has 294 valence electrons. The first-order chi connectivity index (χ1) is 25.1. The molecular weight excluding hydrogens is 668 g/mol. The number of hydrogen-bond donors (Lipinski definition) is 0. The van der Waals surface area contributed by atoms with Crippen LogP contribution in [0, 0.1) is 0 Å². The molecule has 0 aliphatic carbocycles. The molecule has 0 atom stereocenters. The van der Waals surface area contributed by atoms with Gasteiger partial charge in [-0.25, -0.2) is 4.79 Å². The largest absolute Gasteiger partial charge is 0.463 e. The fraction of sp³-hybridized carbons (Fsp3) is 0.757. The second-order valence-electron chi connectivity index (χ2n) is 11.1. The number of rotatable bonds is 39. The first kappa shape index (κ1) is 46.5. The number of carbonyl (C=O) groups excluding carboxylic acids is 3. The van der Waals surface area contributed by atoms with Crippen molar-refractivity contribution in [1.29, 1.82) is 0 Å². The molecular formula is C37H62O14. The Hall–Kier alpha value is -2.53. The number of benzene rings is 1. The number of ketones is 1. The Morgan fingerprint density at radius 3 is 1.14 bits per heavy atom. The van der Waals surface area contributed by atoms with Gasteiger partial charge in [0.25, 0.3) is 5.78 Å². The van der Waals surface area contributed by atoms with Crippen LogP contribution in [-0.2, 0) is 61.7 Å². The number of carbonyl (C=O) groups is 3. The highest BCUT2D eigenvalue weighted by Crippen LogP contribution is 2.07. The van der Waals surface area contributed by atoms with Crippen molar-refractivity contribution in [1.82, 2.24) is 0 Å². The lowest BCUT2D eigenvalue weighted by molar-refractivity contribution is -0.145. The van der Waals surface area contributed by atoms with E-state index in [0.717, 1.165) is 12.8 Å². The summed E-state index contributed by atoms with van der Waals surface area (Å²) in [7, 11) is 0. The van der Waals surface area contributed by atoms with E-state index in [1.165, 1.54) is 25.7 Å². The lowest BCUT2D eigenvalue weighted by Crippen LogP contribution is -2.20. The van der Waals surface area contributed by atoms with Crippen LogP contribution < -0.4 is 0 Å². The summed E-state index contributed by atoms with van der Waals surface area (Å²) in [6.07, 6.45) is 7.37. The smallest absolute Gasteiger partial charge is 0.379 e.